The van der Waals surface area contributed by atoms with Crippen LogP contribution in [-0.4, -0.2) is 29.7 Å². The van der Waals surface area contributed by atoms with Crippen molar-refractivity contribution in [2.24, 2.45) is 0 Å². The Labute approximate surface area is 159 Å². The molecule has 0 aliphatic carbocycles. The van der Waals surface area contributed by atoms with E-state index in [2.05, 4.69) is 10.3 Å². The van der Waals surface area contributed by atoms with Gasteiger partial charge in [-0.25, -0.2) is 13.8 Å². The average Bonchev–Trinajstić information content (AvgIpc) is 3.12. The summed E-state index contributed by atoms with van der Waals surface area (Å²) in [5.41, 5.74) is 1.68. The zero-order valence-corrected chi connectivity index (χ0v) is 15.2. The van der Waals surface area contributed by atoms with Crippen molar-refractivity contribution < 1.29 is 23.0 Å². The normalized spacial score (nSPS) is 15.7. The number of rotatable bonds is 4. The summed E-state index contributed by atoms with van der Waals surface area (Å²) in [6.07, 6.45) is 1.64. The molecule has 2 heterocycles. The quantitative estimate of drug-likeness (QED) is 0.745. The van der Waals surface area contributed by atoms with Crippen LogP contribution in [0, 0.1) is 11.6 Å². The summed E-state index contributed by atoms with van der Waals surface area (Å²) in [5, 5.41) is 2.82. The number of amides is 1. The van der Waals surface area contributed by atoms with Gasteiger partial charge in [0, 0.05) is 18.4 Å². The van der Waals surface area contributed by atoms with Crippen molar-refractivity contribution in [1.82, 2.24) is 9.55 Å². The highest BCUT2D eigenvalue weighted by molar-refractivity contribution is 5.94. The predicted octanol–water partition coefficient (Wildman–Crippen LogP) is 3.64. The van der Waals surface area contributed by atoms with Gasteiger partial charge in [-0.3, -0.25) is 9.36 Å². The van der Waals surface area contributed by atoms with E-state index in [0.717, 1.165) is 12.1 Å². The summed E-state index contributed by atoms with van der Waals surface area (Å²) in [6, 6.07) is 8.89. The van der Waals surface area contributed by atoms with Gasteiger partial charge >= 0.3 is 0 Å². The number of nitrogens with zero attached hydrogens (tertiary/aromatic N) is 2. The van der Waals surface area contributed by atoms with E-state index in [0.29, 0.717) is 34.3 Å². The number of methoxy groups -OCH3 is 2. The molecule has 6 nitrogen and oxygen atoms in total. The van der Waals surface area contributed by atoms with Gasteiger partial charge in [0.15, 0.2) is 11.6 Å². The first kappa shape index (κ1) is 18.0. The topological polar surface area (TPSA) is 65.4 Å². The first-order chi connectivity index (χ1) is 13.5. The fourth-order valence-electron chi connectivity index (χ4n) is 3.38. The first-order valence-electron chi connectivity index (χ1n) is 8.56. The molecule has 1 unspecified atom stereocenters. The van der Waals surface area contributed by atoms with E-state index in [-0.39, 0.29) is 12.3 Å². The maximum atomic E-state index is 13.7. The van der Waals surface area contributed by atoms with Crippen molar-refractivity contribution >= 4 is 11.7 Å². The summed E-state index contributed by atoms with van der Waals surface area (Å²) in [6.45, 7) is 0. The molecule has 8 heteroatoms. The second kappa shape index (κ2) is 6.95. The Morgan fingerprint density at radius 1 is 1.11 bits per heavy atom. The molecule has 3 aromatic rings. The first-order valence-corrected chi connectivity index (χ1v) is 8.56. The molecule has 0 radical (unpaired) electrons. The van der Waals surface area contributed by atoms with Gasteiger partial charge in [-0.1, -0.05) is 6.07 Å². The zero-order valence-electron chi connectivity index (χ0n) is 15.2. The lowest BCUT2D eigenvalue weighted by Crippen LogP contribution is -2.25. The Morgan fingerprint density at radius 3 is 2.64 bits per heavy atom. The Morgan fingerprint density at radius 2 is 1.93 bits per heavy atom. The number of nitrogens with one attached hydrogen (secondary N) is 1. The van der Waals surface area contributed by atoms with E-state index in [1.807, 2.05) is 0 Å². The third-order valence-electron chi connectivity index (χ3n) is 4.76. The molecule has 4 rings (SSSR count). The minimum atomic E-state index is -0.959. The van der Waals surface area contributed by atoms with E-state index >= 15 is 0 Å². The number of carbonyl (C=O) groups excluding carboxylic acids is 1. The molecular formula is C20H17F2N3O3. The molecule has 1 amide bonds. The molecular weight excluding hydrogens is 368 g/mol. The van der Waals surface area contributed by atoms with Crippen LogP contribution in [0.5, 0.6) is 11.5 Å². The van der Waals surface area contributed by atoms with E-state index in [4.69, 9.17) is 9.47 Å². The molecule has 1 aromatic heterocycles. The highest BCUT2D eigenvalue weighted by Gasteiger charge is 2.32. The van der Waals surface area contributed by atoms with E-state index in [1.165, 1.54) is 13.2 Å². The number of aromatic nitrogens is 2. The molecule has 1 atom stereocenters. The number of anilines is 1. The van der Waals surface area contributed by atoms with Crippen LogP contribution >= 0.6 is 0 Å². The van der Waals surface area contributed by atoms with E-state index in [9.17, 15) is 13.6 Å². The van der Waals surface area contributed by atoms with E-state index in [1.54, 1.807) is 36.2 Å². The molecule has 0 spiro atoms. The molecule has 0 saturated heterocycles. The third-order valence-corrected chi connectivity index (χ3v) is 4.76. The third kappa shape index (κ3) is 2.96. The largest absolute Gasteiger partial charge is 0.497 e. The number of fused-ring (bicyclic) bond motifs is 1. The molecule has 1 aliphatic heterocycles. The minimum absolute atomic E-state index is 0.0876. The molecule has 1 N–H and O–H groups in total. The Bertz CT molecular complexity index is 1060. The van der Waals surface area contributed by atoms with Crippen molar-refractivity contribution in [3.05, 3.63) is 65.6 Å². The fraction of sp³-hybridized carbons (Fsp3) is 0.200. The second-order valence-electron chi connectivity index (χ2n) is 6.36. The van der Waals surface area contributed by atoms with Gasteiger partial charge in [0.05, 0.1) is 25.6 Å². The fourth-order valence-corrected chi connectivity index (χ4v) is 3.38. The maximum absolute atomic E-state index is 13.7. The molecule has 2 aromatic carbocycles. The van der Waals surface area contributed by atoms with Gasteiger partial charge in [-0.15, -0.1) is 0 Å². The van der Waals surface area contributed by atoms with Crippen molar-refractivity contribution in [1.29, 1.82) is 0 Å². The van der Waals surface area contributed by atoms with Crippen molar-refractivity contribution in [3.8, 4) is 17.2 Å². The number of carbonyl (C=O) groups is 1. The number of benzene rings is 2. The number of imidazole rings is 1. The molecule has 0 fully saturated rings. The minimum Gasteiger partial charge on any atom is -0.497 e. The van der Waals surface area contributed by atoms with Crippen molar-refractivity contribution in [2.45, 2.75) is 12.3 Å². The van der Waals surface area contributed by atoms with Gasteiger partial charge in [0.25, 0.3) is 0 Å². The van der Waals surface area contributed by atoms with Crippen LogP contribution in [0.2, 0.25) is 0 Å². The summed E-state index contributed by atoms with van der Waals surface area (Å²) in [7, 11) is 3.09. The molecule has 144 valence electrons. The van der Waals surface area contributed by atoms with Gasteiger partial charge in [-0.2, -0.15) is 0 Å². The van der Waals surface area contributed by atoms with Crippen LogP contribution in [0.15, 0.2) is 42.7 Å². The molecule has 0 saturated carbocycles. The number of hydrogen-bond donors (Lipinski definition) is 1. The highest BCUT2D eigenvalue weighted by Crippen LogP contribution is 2.39. The Hall–Kier alpha value is -3.42. The van der Waals surface area contributed by atoms with E-state index < -0.39 is 17.6 Å². The molecule has 28 heavy (non-hydrogen) atoms. The standard InChI is InChI=1S/C20H17F2N3O3/c1-27-12-4-6-17(28-2)16(8-12)25-10-23-19-13(9-18(26)24-20(19)25)11-3-5-14(21)15(22)7-11/h3-8,10,13H,9H2,1-2H3,(H,24,26). The van der Waals surface area contributed by atoms with Crippen molar-refractivity contribution in [2.75, 3.05) is 19.5 Å². The molecule has 1 aliphatic rings. The summed E-state index contributed by atoms with van der Waals surface area (Å²) >= 11 is 0. The monoisotopic (exact) mass is 385 g/mol. The van der Waals surface area contributed by atoms with Gasteiger partial charge in [0.1, 0.15) is 23.6 Å². The maximum Gasteiger partial charge on any atom is 0.226 e. The average molecular weight is 385 g/mol. The van der Waals surface area contributed by atoms with Gasteiger partial charge in [0.2, 0.25) is 5.91 Å². The number of hydrogen-bond acceptors (Lipinski definition) is 4. The SMILES string of the molecule is COc1ccc(OC)c(-n2cnc3c2NC(=O)CC3c2ccc(F)c(F)c2)c1. The predicted molar refractivity (Wildman–Crippen MR) is 98.1 cm³/mol. The Balaban J connectivity index is 1.84. The van der Waals surface area contributed by atoms with Crippen LogP contribution in [0.25, 0.3) is 5.69 Å². The van der Waals surface area contributed by atoms with Crippen LogP contribution < -0.4 is 14.8 Å². The molecule has 0 bridgehead atoms. The lowest BCUT2D eigenvalue weighted by atomic mass is 9.89. The van der Waals surface area contributed by atoms with Crippen LogP contribution in [0.4, 0.5) is 14.6 Å². The van der Waals surface area contributed by atoms with Crippen molar-refractivity contribution in [3.63, 3.8) is 0 Å². The highest BCUT2D eigenvalue weighted by atomic mass is 19.2. The second-order valence-corrected chi connectivity index (χ2v) is 6.36. The van der Waals surface area contributed by atoms with Crippen LogP contribution in [0.1, 0.15) is 23.6 Å². The number of ether oxygens (including phenoxy) is 2. The summed E-state index contributed by atoms with van der Waals surface area (Å²) in [4.78, 5) is 16.8. The summed E-state index contributed by atoms with van der Waals surface area (Å²) < 4.78 is 39.4. The lowest BCUT2D eigenvalue weighted by molar-refractivity contribution is -0.116. The lowest BCUT2D eigenvalue weighted by Gasteiger charge is -2.24. The summed E-state index contributed by atoms with van der Waals surface area (Å²) in [5.74, 6) is -1.00. The van der Waals surface area contributed by atoms with Gasteiger partial charge < -0.3 is 14.8 Å². The van der Waals surface area contributed by atoms with Crippen LogP contribution in [-0.2, 0) is 4.79 Å². The number of halogens is 2. The Kier molecular flexibility index (Phi) is 4.46. The van der Waals surface area contributed by atoms with Gasteiger partial charge in [-0.05, 0) is 29.8 Å². The van der Waals surface area contributed by atoms with Crippen LogP contribution in [0.3, 0.4) is 0 Å². The smallest absolute Gasteiger partial charge is 0.226 e. The zero-order chi connectivity index (χ0) is 19.8.